The molecule has 0 aliphatic heterocycles. The van der Waals surface area contributed by atoms with Gasteiger partial charge in [-0.3, -0.25) is 5.10 Å². The zero-order chi connectivity index (χ0) is 10.1. The van der Waals surface area contributed by atoms with Crippen molar-refractivity contribution in [3.05, 3.63) is 17.2 Å². The Labute approximate surface area is 85.5 Å². The number of hydrogen-bond donors (Lipinski definition) is 1. The first kappa shape index (κ1) is 9.36. The number of fused-ring (bicyclic) bond motifs is 1. The largest absolute Gasteiger partial charge is 0.374 e. The number of nitrogens with zero attached hydrogens (tertiary/aromatic N) is 3. The van der Waals surface area contributed by atoms with Gasteiger partial charge in [0.15, 0.2) is 11.0 Å². The number of methoxy groups -OCH3 is 1. The van der Waals surface area contributed by atoms with Crippen LogP contribution in [-0.4, -0.2) is 27.3 Å². The minimum atomic E-state index is -0.174. The number of aromatic amines is 1. The van der Waals surface area contributed by atoms with Crippen molar-refractivity contribution >= 4 is 22.6 Å². The molecule has 2 heterocycles. The van der Waals surface area contributed by atoms with E-state index in [4.69, 9.17) is 16.3 Å². The highest BCUT2D eigenvalue weighted by Crippen LogP contribution is 2.20. The molecular formula is C8H9ClN4O. The molecule has 14 heavy (non-hydrogen) atoms. The summed E-state index contributed by atoms with van der Waals surface area (Å²) in [6, 6.07) is 0. The lowest BCUT2D eigenvalue weighted by atomic mass is 10.3. The van der Waals surface area contributed by atoms with Crippen LogP contribution in [0.1, 0.15) is 18.9 Å². The van der Waals surface area contributed by atoms with Crippen molar-refractivity contribution in [3.8, 4) is 0 Å². The quantitative estimate of drug-likeness (QED) is 0.770. The Morgan fingerprint density at radius 2 is 2.29 bits per heavy atom. The Balaban J connectivity index is 2.58. The van der Waals surface area contributed by atoms with E-state index in [0.717, 1.165) is 0 Å². The Morgan fingerprint density at radius 3 is 3.00 bits per heavy atom. The minimum absolute atomic E-state index is 0.174. The van der Waals surface area contributed by atoms with Crippen LogP contribution in [0, 0.1) is 0 Å². The second kappa shape index (κ2) is 3.51. The van der Waals surface area contributed by atoms with Crippen LogP contribution in [0.15, 0.2) is 6.20 Å². The Morgan fingerprint density at radius 1 is 1.50 bits per heavy atom. The maximum atomic E-state index is 5.92. The molecule has 2 aromatic rings. The van der Waals surface area contributed by atoms with Gasteiger partial charge < -0.3 is 4.74 Å². The van der Waals surface area contributed by atoms with E-state index in [9.17, 15) is 0 Å². The van der Waals surface area contributed by atoms with Gasteiger partial charge in [-0.05, 0) is 6.92 Å². The predicted molar refractivity (Wildman–Crippen MR) is 52.1 cm³/mol. The van der Waals surface area contributed by atoms with E-state index in [1.165, 1.54) is 0 Å². The first-order valence-corrected chi connectivity index (χ1v) is 4.50. The number of rotatable bonds is 2. The molecule has 1 atom stereocenters. The van der Waals surface area contributed by atoms with Gasteiger partial charge in [0.05, 0.1) is 0 Å². The number of aromatic nitrogens is 4. The fraction of sp³-hybridized carbons (Fsp3) is 0.375. The lowest BCUT2D eigenvalue weighted by molar-refractivity contribution is 0.112. The first-order valence-electron chi connectivity index (χ1n) is 4.12. The molecule has 2 rings (SSSR count). The van der Waals surface area contributed by atoms with Crippen molar-refractivity contribution in [2.45, 2.75) is 13.0 Å². The van der Waals surface area contributed by atoms with Gasteiger partial charge in [0.1, 0.15) is 17.1 Å². The van der Waals surface area contributed by atoms with Crippen molar-refractivity contribution in [1.29, 1.82) is 0 Å². The number of hydrogen-bond acceptors (Lipinski definition) is 4. The average Bonchev–Trinajstić information content (AvgIpc) is 2.64. The summed E-state index contributed by atoms with van der Waals surface area (Å²) in [5.41, 5.74) is 1.28. The minimum Gasteiger partial charge on any atom is -0.374 e. The van der Waals surface area contributed by atoms with Gasteiger partial charge in [0.25, 0.3) is 0 Å². The molecule has 0 spiro atoms. The smallest absolute Gasteiger partial charge is 0.161 e. The maximum Gasteiger partial charge on any atom is 0.161 e. The molecule has 74 valence electrons. The molecule has 2 aromatic heterocycles. The summed E-state index contributed by atoms with van der Waals surface area (Å²) in [6.45, 7) is 1.86. The molecule has 0 saturated heterocycles. The molecule has 1 unspecified atom stereocenters. The van der Waals surface area contributed by atoms with E-state index in [2.05, 4.69) is 20.2 Å². The molecule has 0 aromatic carbocycles. The molecule has 5 nitrogen and oxygen atoms in total. The average molecular weight is 213 g/mol. The number of H-pyrrole nitrogens is 1. The van der Waals surface area contributed by atoms with Gasteiger partial charge in [-0.1, -0.05) is 11.6 Å². The predicted octanol–water partition coefficient (Wildman–Crippen LogP) is 1.71. The molecule has 0 bridgehead atoms. The number of ether oxygens (including phenoxy) is 1. The van der Waals surface area contributed by atoms with Crippen LogP contribution in [-0.2, 0) is 4.74 Å². The molecule has 0 fully saturated rings. The van der Waals surface area contributed by atoms with Gasteiger partial charge in [0.2, 0.25) is 0 Å². The number of nitrogens with one attached hydrogen (secondary N) is 1. The highest BCUT2D eigenvalue weighted by atomic mass is 35.5. The molecule has 0 aliphatic carbocycles. The van der Waals surface area contributed by atoms with Crippen molar-refractivity contribution < 1.29 is 4.74 Å². The number of halogens is 1. The van der Waals surface area contributed by atoms with Gasteiger partial charge in [-0.2, -0.15) is 5.10 Å². The van der Waals surface area contributed by atoms with Gasteiger partial charge in [-0.15, -0.1) is 0 Å². The van der Waals surface area contributed by atoms with Gasteiger partial charge in [0, 0.05) is 13.3 Å². The fourth-order valence-corrected chi connectivity index (χ4v) is 1.34. The summed E-state index contributed by atoms with van der Waals surface area (Å²) in [5, 5.41) is 6.95. The van der Waals surface area contributed by atoms with Crippen molar-refractivity contribution in [3.63, 3.8) is 0 Å². The highest BCUT2D eigenvalue weighted by Gasteiger charge is 2.12. The van der Waals surface area contributed by atoms with Crippen LogP contribution < -0.4 is 0 Å². The Bertz CT molecular complexity index is 456. The zero-order valence-corrected chi connectivity index (χ0v) is 8.54. The summed E-state index contributed by atoms with van der Waals surface area (Å²) >= 11 is 5.92. The molecule has 0 aliphatic rings. The van der Waals surface area contributed by atoms with Gasteiger partial charge >= 0.3 is 0 Å². The molecule has 1 N–H and O–H groups in total. The summed E-state index contributed by atoms with van der Waals surface area (Å²) in [6.07, 6.45) is 1.50. The third-order valence-corrected chi connectivity index (χ3v) is 2.24. The van der Waals surface area contributed by atoms with Crippen LogP contribution in [0.4, 0.5) is 0 Å². The Kier molecular flexibility index (Phi) is 2.35. The van der Waals surface area contributed by atoms with Crippen molar-refractivity contribution in [1.82, 2.24) is 20.2 Å². The fourth-order valence-electron chi connectivity index (χ4n) is 1.11. The van der Waals surface area contributed by atoms with Crippen LogP contribution in [0.2, 0.25) is 5.15 Å². The maximum absolute atomic E-state index is 5.92. The third-order valence-electron chi connectivity index (χ3n) is 1.98. The summed E-state index contributed by atoms with van der Waals surface area (Å²) < 4.78 is 5.10. The third kappa shape index (κ3) is 1.44. The highest BCUT2D eigenvalue weighted by molar-refractivity contribution is 6.33. The van der Waals surface area contributed by atoms with Crippen LogP contribution >= 0.6 is 11.6 Å². The lowest BCUT2D eigenvalue weighted by Crippen LogP contribution is -2.02. The van der Waals surface area contributed by atoms with Crippen molar-refractivity contribution in [2.24, 2.45) is 0 Å². The first-order chi connectivity index (χ1) is 6.72. The second-order valence-corrected chi connectivity index (χ2v) is 3.23. The summed E-state index contributed by atoms with van der Waals surface area (Å²) in [7, 11) is 1.60. The van der Waals surface area contributed by atoms with E-state index >= 15 is 0 Å². The monoisotopic (exact) mass is 212 g/mol. The molecule has 0 radical (unpaired) electrons. The van der Waals surface area contributed by atoms with Crippen molar-refractivity contribution in [2.75, 3.05) is 7.11 Å². The van der Waals surface area contributed by atoms with Gasteiger partial charge in [-0.25, -0.2) is 9.97 Å². The summed E-state index contributed by atoms with van der Waals surface area (Å²) in [5.74, 6) is 0.561. The second-order valence-electron chi connectivity index (χ2n) is 2.87. The molecule has 6 heteroatoms. The Hall–Kier alpha value is -1.20. The molecular weight excluding hydrogens is 204 g/mol. The standard InChI is InChI=1S/C8H9ClN4O/c1-4(14-2)8-11-5-3-10-13-6(5)7(9)12-8/h3-4H,1-2H3,(H,10,13). The zero-order valence-electron chi connectivity index (χ0n) is 7.78. The van der Waals surface area contributed by atoms with E-state index in [-0.39, 0.29) is 6.10 Å². The molecule has 0 saturated carbocycles. The topological polar surface area (TPSA) is 63.7 Å². The molecule has 0 amide bonds. The van der Waals surface area contributed by atoms with E-state index < -0.39 is 0 Å². The van der Waals surface area contributed by atoms with Crippen LogP contribution in [0.25, 0.3) is 11.0 Å². The van der Waals surface area contributed by atoms with Crippen LogP contribution in [0.5, 0.6) is 0 Å². The van der Waals surface area contributed by atoms with E-state index in [1.807, 2.05) is 6.92 Å². The van der Waals surface area contributed by atoms with Crippen LogP contribution in [0.3, 0.4) is 0 Å². The van der Waals surface area contributed by atoms with E-state index in [0.29, 0.717) is 22.0 Å². The normalized spacial score (nSPS) is 13.4. The SMILES string of the molecule is COC(C)c1nc(Cl)c2n[nH]cc2n1. The summed E-state index contributed by atoms with van der Waals surface area (Å²) in [4.78, 5) is 8.34. The van der Waals surface area contributed by atoms with E-state index in [1.54, 1.807) is 13.3 Å². The lowest BCUT2D eigenvalue weighted by Gasteiger charge is -2.07.